The highest BCUT2D eigenvalue weighted by atomic mass is 16.7. The van der Waals surface area contributed by atoms with Crippen LogP contribution in [0.1, 0.15) is 12.0 Å². The number of carbonyl (C=O) groups is 2. The number of primary amides is 1. The number of carbonyl (C=O) groups excluding carboxylic acids is 2. The smallest absolute Gasteiger partial charge is 0.346 e. The van der Waals surface area contributed by atoms with Gasteiger partial charge in [0.25, 0.3) is 5.91 Å². The van der Waals surface area contributed by atoms with E-state index in [2.05, 4.69) is 4.84 Å². The van der Waals surface area contributed by atoms with Gasteiger partial charge in [-0.05, 0) is 18.4 Å². The molecule has 0 heterocycles. The third-order valence-corrected chi connectivity index (χ3v) is 2.42. The number of rotatable bonds is 5. The van der Waals surface area contributed by atoms with Crippen LogP contribution in [-0.2, 0) is 16.1 Å². The predicted molar refractivity (Wildman–Crippen MR) is 64.2 cm³/mol. The van der Waals surface area contributed by atoms with Gasteiger partial charge >= 0.3 is 6.03 Å². The Morgan fingerprint density at radius 2 is 2.00 bits per heavy atom. The SMILES string of the molecule is CON(C(N)=O)C(=O)[C@H](O)CCc1ccccc1. The molecule has 0 aromatic heterocycles. The van der Waals surface area contributed by atoms with Crippen LogP contribution in [-0.4, -0.2) is 35.3 Å². The number of imide groups is 1. The summed E-state index contributed by atoms with van der Waals surface area (Å²) in [6, 6.07) is 8.34. The molecular weight excluding hydrogens is 236 g/mol. The maximum atomic E-state index is 11.6. The maximum absolute atomic E-state index is 11.6. The first-order valence-electron chi connectivity index (χ1n) is 5.45. The van der Waals surface area contributed by atoms with Gasteiger partial charge in [-0.1, -0.05) is 30.3 Å². The van der Waals surface area contributed by atoms with E-state index in [-0.39, 0.29) is 6.42 Å². The summed E-state index contributed by atoms with van der Waals surface area (Å²) in [5, 5.41) is 9.99. The number of nitrogens with zero attached hydrogens (tertiary/aromatic N) is 1. The molecule has 18 heavy (non-hydrogen) atoms. The van der Waals surface area contributed by atoms with Gasteiger partial charge in [-0.25, -0.2) is 4.79 Å². The van der Waals surface area contributed by atoms with E-state index < -0.39 is 18.0 Å². The molecule has 3 amide bonds. The normalized spacial score (nSPS) is 11.9. The molecule has 0 saturated heterocycles. The Morgan fingerprint density at radius 3 is 2.50 bits per heavy atom. The Labute approximate surface area is 105 Å². The van der Waals surface area contributed by atoms with E-state index in [1.165, 1.54) is 0 Å². The fraction of sp³-hybridized carbons (Fsp3) is 0.333. The van der Waals surface area contributed by atoms with Gasteiger partial charge < -0.3 is 10.8 Å². The third-order valence-electron chi connectivity index (χ3n) is 2.42. The molecule has 0 saturated carbocycles. The standard InChI is InChI=1S/C12H16N2O4/c1-18-14(12(13)17)11(16)10(15)8-7-9-5-3-2-4-6-9/h2-6,10,15H,7-8H2,1H3,(H2,13,17)/t10-/m1/s1. The first-order chi connectivity index (χ1) is 8.56. The number of aliphatic hydroxyl groups excluding tert-OH is 1. The fourth-order valence-corrected chi connectivity index (χ4v) is 1.50. The van der Waals surface area contributed by atoms with E-state index in [0.29, 0.717) is 11.5 Å². The Kier molecular flexibility index (Phi) is 5.29. The molecule has 0 radical (unpaired) electrons. The second kappa shape index (κ2) is 6.73. The summed E-state index contributed by atoms with van der Waals surface area (Å²) in [6.45, 7) is 0. The number of aryl methyl sites for hydroxylation is 1. The molecular formula is C12H16N2O4. The monoisotopic (exact) mass is 252 g/mol. The number of amides is 3. The van der Waals surface area contributed by atoms with Gasteiger partial charge in [-0.15, -0.1) is 5.06 Å². The molecule has 0 aliphatic heterocycles. The highest BCUT2D eigenvalue weighted by molar-refractivity contribution is 5.94. The second-order valence-electron chi connectivity index (χ2n) is 3.69. The van der Waals surface area contributed by atoms with E-state index >= 15 is 0 Å². The Morgan fingerprint density at radius 1 is 1.39 bits per heavy atom. The number of benzene rings is 1. The first-order valence-corrected chi connectivity index (χ1v) is 5.45. The van der Waals surface area contributed by atoms with Gasteiger partial charge in [0.15, 0.2) is 0 Å². The lowest BCUT2D eigenvalue weighted by atomic mass is 10.1. The molecule has 0 spiro atoms. The average Bonchev–Trinajstić information content (AvgIpc) is 2.37. The lowest BCUT2D eigenvalue weighted by Crippen LogP contribution is -2.45. The highest BCUT2D eigenvalue weighted by Gasteiger charge is 2.26. The number of urea groups is 1. The lowest BCUT2D eigenvalue weighted by Gasteiger charge is -2.18. The quantitative estimate of drug-likeness (QED) is 0.744. The summed E-state index contributed by atoms with van der Waals surface area (Å²) < 4.78 is 0. The van der Waals surface area contributed by atoms with Crippen molar-refractivity contribution in [1.82, 2.24) is 5.06 Å². The van der Waals surface area contributed by atoms with Crippen LogP contribution in [0.5, 0.6) is 0 Å². The zero-order chi connectivity index (χ0) is 13.5. The molecule has 6 nitrogen and oxygen atoms in total. The number of hydroxylamine groups is 2. The summed E-state index contributed by atoms with van der Waals surface area (Å²) in [5.74, 6) is -0.860. The molecule has 3 N–H and O–H groups in total. The summed E-state index contributed by atoms with van der Waals surface area (Å²) in [7, 11) is 1.13. The van der Waals surface area contributed by atoms with Crippen molar-refractivity contribution < 1.29 is 19.5 Å². The van der Waals surface area contributed by atoms with Gasteiger partial charge in [-0.2, -0.15) is 0 Å². The van der Waals surface area contributed by atoms with Crippen molar-refractivity contribution >= 4 is 11.9 Å². The highest BCUT2D eigenvalue weighted by Crippen LogP contribution is 2.07. The zero-order valence-corrected chi connectivity index (χ0v) is 10.1. The summed E-state index contributed by atoms with van der Waals surface area (Å²) in [6.07, 6.45) is -0.613. The molecule has 98 valence electrons. The molecule has 0 aliphatic rings. The van der Waals surface area contributed by atoms with Gasteiger partial charge in [0.05, 0.1) is 7.11 Å². The van der Waals surface area contributed by atoms with E-state index in [4.69, 9.17) is 5.73 Å². The minimum absolute atomic E-state index is 0.190. The fourth-order valence-electron chi connectivity index (χ4n) is 1.50. The Hall–Kier alpha value is -1.92. The Balaban J connectivity index is 2.52. The van der Waals surface area contributed by atoms with Crippen molar-refractivity contribution in [2.75, 3.05) is 7.11 Å². The average molecular weight is 252 g/mol. The lowest BCUT2D eigenvalue weighted by molar-refractivity contribution is -0.169. The summed E-state index contributed by atoms with van der Waals surface area (Å²) in [5.41, 5.74) is 5.92. The maximum Gasteiger partial charge on any atom is 0.346 e. The number of hydrogen-bond acceptors (Lipinski definition) is 4. The van der Waals surface area contributed by atoms with Gasteiger partial charge in [0, 0.05) is 0 Å². The molecule has 1 atom stereocenters. The largest absolute Gasteiger partial charge is 0.383 e. The van der Waals surface area contributed by atoms with Crippen LogP contribution in [0.25, 0.3) is 0 Å². The zero-order valence-electron chi connectivity index (χ0n) is 10.1. The topological polar surface area (TPSA) is 92.9 Å². The van der Waals surface area contributed by atoms with E-state index in [0.717, 1.165) is 12.7 Å². The summed E-state index contributed by atoms with van der Waals surface area (Å²) in [4.78, 5) is 26.9. The molecule has 0 fully saturated rings. The molecule has 0 aliphatic carbocycles. The van der Waals surface area contributed by atoms with Crippen molar-refractivity contribution in [3.8, 4) is 0 Å². The molecule has 6 heteroatoms. The van der Waals surface area contributed by atoms with Crippen molar-refractivity contribution in [3.63, 3.8) is 0 Å². The van der Waals surface area contributed by atoms with Crippen LogP contribution in [0.4, 0.5) is 4.79 Å². The number of aliphatic hydroxyl groups is 1. The molecule has 1 rings (SSSR count). The van der Waals surface area contributed by atoms with Crippen LogP contribution >= 0.6 is 0 Å². The van der Waals surface area contributed by atoms with Crippen LogP contribution in [0.3, 0.4) is 0 Å². The van der Waals surface area contributed by atoms with Crippen LogP contribution in [0.2, 0.25) is 0 Å². The van der Waals surface area contributed by atoms with Crippen molar-refractivity contribution in [2.45, 2.75) is 18.9 Å². The Bertz CT molecular complexity index is 408. The van der Waals surface area contributed by atoms with E-state index in [9.17, 15) is 14.7 Å². The molecule has 0 unspecified atom stereocenters. The van der Waals surface area contributed by atoms with Gasteiger partial charge in [0.1, 0.15) is 6.10 Å². The van der Waals surface area contributed by atoms with E-state index in [1.54, 1.807) is 0 Å². The van der Waals surface area contributed by atoms with Gasteiger partial charge in [0.2, 0.25) is 0 Å². The third kappa shape index (κ3) is 3.83. The second-order valence-corrected chi connectivity index (χ2v) is 3.69. The van der Waals surface area contributed by atoms with Crippen LogP contribution in [0, 0.1) is 0 Å². The van der Waals surface area contributed by atoms with Crippen LogP contribution < -0.4 is 5.73 Å². The number of nitrogens with two attached hydrogens (primary N) is 1. The molecule has 1 aromatic carbocycles. The minimum Gasteiger partial charge on any atom is -0.383 e. The van der Waals surface area contributed by atoms with Crippen molar-refractivity contribution in [1.29, 1.82) is 0 Å². The molecule has 0 bridgehead atoms. The molecule has 1 aromatic rings. The van der Waals surface area contributed by atoms with Crippen molar-refractivity contribution in [2.24, 2.45) is 5.73 Å². The number of hydrogen-bond donors (Lipinski definition) is 2. The van der Waals surface area contributed by atoms with Gasteiger partial charge in [-0.3, -0.25) is 9.63 Å². The summed E-state index contributed by atoms with van der Waals surface area (Å²) >= 11 is 0. The predicted octanol–water partition coefficient (Wildman–Crippen LogP) is 0.449. The van der Waals surface area contributed by atoms with Crippen molar-refractivity contribution in [3.05, 3.63) is 35.9 Å². The van der Waals surface area contributed by atoms with E-state index in [1.807, 2.05) is 30.3 Å². The first kappa shape index (κ1) is 14.1. The van der Waals surface area contributed by atoms with Crippen LogP contribution in [0.15, 0.2) is 30.3 Å². The minimum atomic E-state index is -1.32.